The maximum absolute atomic E-state index is 12.4. The Morgan fingerprint density at radius 3 is 2.79 bits per heavy atom. The van der Waals surface area contributed by atoms with Crippen LogP contribution in [0.2, 0.25) is 0 Å². The number of carbonyl (C=O) groups excluding carboxylic acids is 1. The number of nitrogens with one attached hydrogen (secondary N) is 2. The van der Waals surface area contributed by atoms with Crippen LogP contribution >= 0.6 is 0 Å². The number of rotatable bonds is 3. The van der Waals surface area contributed by atoms with Gasteiger partial charge in [-0.15, -0.1) is 0 Å². The molecule has 1 amide bonds. The van der Waals surface area contributed by atoms with E-state index in [-0.39, 0.29) is 11.4 Å². The van der Waals surface area contributed by atoms with E-state index in [0.717, 1.165) is 45.8 Å². The zero-order chi connectivity index (χ0) is 17.4. The van der Waals surface area contributed by atoms with Gasteiger partial charge in [-0.1, -0.05) is 0 Å². The van der Waals surface area contributed by atoms with Gasteiger partial charge in [-0.25, -0.2) is 9.48 Å². The van der Waals surface area contributed by atoms with Crippen molar-refractivity contribution in [3.63, 3.8) is 0 Å². The summed E-state index contributed by atoms with van der Waals surface area (Å²) in [4.78, 5) is 49.6. The quantitative estimate of drug-likeness (QED) is 0.772. The lowest BCUT2D eigenvalue weighted by Gasteiger charge is -2.16. The van der Waals surface area contributed by atoms with Crippen molar-refractivity contribution in [2.75, 3.05) is 5.32 Å². The van der Waals surface area contributed by atoms with E-state index < -0.39 is 23.2 Å². The molecule has 9 heteroatoms. The van der Waals surface area contributed by atoms with Gasteiger partial charge in [0.15, 0.2) is 0 Å². The van der Waals surface area contributed by atoms with Crippen LogP contribution in [0.3, 0.4) is 0 Å². The molecule has 2 aromatic rings. The molecule has 0 fully saturated rings. The van der Waals surface area contributed by atoms with E-state index in [2.05, 4.69) is 15.4 Å². The fourth-order valence-corrected chi connectivity index (χ4v) is 2.71. The first kappa shape index (κ1) is 15.9. The highest BCUT2D eigenvalue weighted by molar-refractivity contribution is 5.92. The van der Waals surface area contributed by atoms with Gasteiger partial charge in [-0.05, 0) is 31.7 Å². The standard InChI is InChI=1S/C15H17N5O4/c1-8(20-13(22)6-9-4-3-5-10(9)18-20)14(23)16-11-7-12(21)17-15(24)19(11)2/h6-8H,3-5H2,1-2H3,(H,16,23)(H,17,21,24). The fourth-order valence-electron chi connectivity index (χ4n) is 2.71. The minimum atomic E-state index is -0.877. The summed E-state index contributed by atoms with van der Waals surface area (Å²) in [5.74, 6) is -0.488. The van der Waals surface area contributed by atoms with E-state index in [1.807, 2.05) is 0 Å². The first-order valence-corrected chi connectivity index (χ1v) is 7.59. The van der Waals surface area contributed by atoms with Crippen molar-refractivity contribution in [3.05, 3.63) is 54.6 Å². The third-order valence-electron chi connectivity index (χ3n) is 4.14. The van der Waals surface area contributed by atoms with Crippen LogP contribution in [0.1, 0.15) is 30.6 Å². The first-order valence-electron chi connectivity index (χ1n) is 7.59. The molecule has 2 N–H and O–H groups in total. The topological polar surface area (TPSA) is 119 Å². The maximum Gasteiger partial charge on any atom is 0.329 e. The molecule has 0 spiro atoms. The van der Waals surface area contributed by atoms with Crippen molar-refractivity contribution in [2.45, 2.75) is 32.2 Å². The van der Waals surface area contributed by atoms with Gasteiger partial charge < -0.3 is 5.32 Å². The summed E-state index contributed by atoms with van der Waals surface area (Å²) in [6.07, 6.45) is 2.56. The number of fused-ring (bicyclic) bond motifs is 1. The Morgan fingerprint density at radius 2 is 2.04 bits per heavy atom. The number of nitrogens with zero attached hydrogens (tertiary/aromatic N) is 3. The summed E-state index contributed by atoms with van der Waals surface area (Å²) >= 11 is 0. The second kappa shape index (κ2) is 5.91. The Hall–Kier alpha value is -2.97. The molecule has 3 rings (SSSR count). The molecule has 2 aromatic heterocycles. The third kappa shape index (κ3) is 2.80. The molecule has 0 saturated carbocycles. The van der Waals surface area contributed by atoms with Gasteiger partial charge in [0.05, 0.1) is 5.69 Å². The number of H-pyrrole nitrogens is 1. The van der Waals surface area contributed by atoms with E-state index in [1.165, 1.54) is 20.0 Å². The minimum Gasteiger partial charge on any atom is -0.310 e. The summed E-state index contributed by atoms with van der Waals surface area (Å²) < 4.78 is 2.23. The van der Waals surface area contributed by atoms with Crippen LogP contribution in [0.25, 0.3) is 0 Å². The largest absolute Gasteiger partial charge is 0.329 e. The number of aryl methyl sites for hydroxylation is 2. The van der Waals surface area contributed by atoms with Gasteiger partial charge >= 0.3 is 5.69 Å². The maximum atomic E-state index is 12.4. The number of aromatic nitrogens is 4. The lowest BCUT2D eigenvalue weighted by Crippen LogP contribution is -2.36. The summed E-state index contributed by atoms with van der Waals surface area (Å²) in [6, 6.07) is 1.74. The highest BCUT2D eigenvalue weighted by Crippen LogP contribution is 2.18. The van der Waals surface area contributed by atoms with Crippen LogP contribution in [0, 0.1) is 0 Å². The number of anilines is 1. The Morgan fingerprint density at radius 1 is 1.29 bits per heavy atom. The van der Waals surface area contributed by atoms with E-state index >= 15 is 0 Å². The Labute approximate surface area is 136 Å². The second-order valence-corrected chi connectivity index (χ2v) is 5.80. The summed E-state index contributed by atoms with van der Waals surface area (Å²) in [5, 5.41) is 6.77. The highest BCUT2D eigenvalue weighted by atomic mass is 16.2. The third-order valence-corrected chi connectivity index (χ3v) is 4.14. The van der Waals surface area contributed by atoms with Gasteiger partial charge in [0.1, 0.15) is 11.9 Å². The molecule has 0 aliphatic heterocycles. The molecule has 0 saturated heterocycles. The predicted octanol–water partition coefficient (Wildman–Crippen LogP) is -0.681. The molecule has 0 bridgehead atoms. The molecule has 1 atom stereocenters. The number of hydrogen-bond acceptors (Lipinski definition) is 5. The smallest absolute Gasteiger partial charge is 0.310 e. The van der Waals surface area contributed by atoms with Crippen molar-refractivity contribution in [1.29, 1.82) is 0 Å². The summed E-state index contributed by atoms with van der Waals surface area (Å²) in [7, 11) is 1.42. The molecule has 0 radical (unpaired) electrons. The van der Waals surface area contributed by atoms with Crippen LogP contribution in [-0.4, -0.2) is 25.2 Å². The van der Waals surface area contributed by atoms with E-state index in [9.17, 15) is 19.2 Å². The molecule has 1 aliphatic carbocycles. The molecule has 24 heavy (non-hydrogen) atoms. The monoisotopic (exact) mass is 331 g/mol. The molecular formula is C15H17N5O4. The highest BCUT2D eigenvalue weighted by Gasteiger charge is 2.22. The van der Waals surface area contributed by atoms with Gasteiger partial charge in [0.25, 0.3) is 11.1 Å². The number of hydrogen-bond donors (Lipinski definition) is 2. The zero-order valence-electron chi connectivity index (χ0n) is 13.3. The Bertz CT molecular complexity index is 985. The van der Waals surface area contributed by atoms with Crippen molar-refractivity contribution >= 4 is 11.7 Å². The molecule has 1 aliphatic rings. The number of carbonyl (C=O) groups is 1. The average molecular weight is 331 g/mol. The fraction of sp³-hybridized carbons (Fsp3) is 0.400. The molecule has 2 heterocycles. The Kier molecular flexibility index (Phi) is 3.92. The summed E-state index contributed by atoms with van der Waals surface area (Å²) in [5.41, 5.74) is 0.156. The van der Waals surface area contributed by atoms with Crippen LogP contribution in [0.4, 0.5) is 5.82 Å². The van der Waals surface area contributed by atoms with Gasteiger partial charge in [0, 0.05) is 19.2 Å². The average Bonchev–Trinajstić information content (AvgIpc) is 2.97. The van der Waals surface area contributed by atoms with E-state index in [4.69, 9.17) is 0 Å². The van der Waals surface area contributed by atoms with Gasteiger partial charge in [-0.2, -0.15) is 5.10 Å². The lowest BCUT2D eigenvalue weighted by atomic mass is 10.2. The number of aromatic amines is 1. The Balaban J connectivity index is 1.90. The van der Waals surface area contributed by atoms with Crippen LogP contribution in [0.5, 0.6) is 0 Å². The van der Waals surface area contributed by atoms with Crippen LogP contribution in [-0.2, 0) is 24.7 Å². The number of amides is 1. The SMILES string of the molecule is CC(C(=O)Nc1cc(=O)[nH]c(=O)n1C)n1nc2c(cc1=O)CCC2. The molecule has 1 unspecified atom stereocenters. The molecule has 0 aromatic carbocycles. The lowest BCUT2D eigenvalue weighted by molar-refractivity contribution is -0.119. The summed E-state index contributed by atoms with van der Waals surface area (Å²) in [6.45, 7) is 1.54. The van der Waals surface area contributed by atoms with Gasteiger partial charge in [0.2, 0.25) is 5.91 Å². The minimum absolute atomic E-state index is 0.0507. The molecule has 9 nitrogen and oxygen atoms in total. The molecular weight excluding hydrogens is 314 g/mol. The zero-order valence-corrected chi connectivity index (χ0v) is 13.3. The van der Waals surface area contributed by atoms with E-state index in [1.54, 1.807) is 0 Å². The van der Waals surface area contributed by atoms with E-state index in [0.29, 0.717) is 0 Å². The van der Waals surface area contributed by atoms with Crippen molar-refractivity contribution in [1.82, 2.24) is 19.3 Å². The normalized spacial score (nSPS) is 14.2. The first-order chi connectivity index (χ1) is 11.4. The van der Waals surface area contributed by atoms with Crippen molar-refractivity contribution in [3.8, 4) is 0 Å². The van der Waals surface area contributed by atoms with Crippen LogP contribution < -0.4 is 22.1 Å². The van der Waals surface area contributed by atoms with Gasteiger partial charge in [-0.3, -0.25) is 23.9 Å². The predicted molar refractivity (Wildman–Crippen MR) is 86.2 cm³/mol. The second-order valence-electron chi connectivity index (χ2n) is 5.80. The van der Waals surface area contributed by atoms with Crippen molar-refractivity contribution in [2.24, 2.45) is 7.05 Å². The van der Waals surface area contributed by atoms with Crippen LogP contribution in [0.15, 0.2) is 26.5 Å². The van der Waals surface area contributed by atoms with Crippen molar-refractivity contribution < 1.29 is 4.79 Å². The molecule has 126 valence electrons.